The van der Waals surface area contributed by atoms with Crippen LogP contribution in [0.25, 0.3) is 0 Å². The van der Waals surface area contributed by atoms with Crippen molar-refractivity contribution in [1.82, 2.24) is 4.90 Å². The first-order valence-corrected chi connectivity index (χ1v) is 6.77. The summed E-state index contributed by atoms with van der Waals surface area (Å²) in [5.41, 5.74) is 5.94. The van der Waals surface area contributed by atoms with Gasteiger partial charge in [-0.05, 0) is 31.4 Å². The average Bonchev–Trinajstić information content (AvgIpc) is 2.38. The van der Waals surface area contributed by atoms with E-state index in [1.807, 2.05) is 0 Å². The summed E-state index contributed by atoms with van der Waals surface area (Å²) in [6, 6.07) is 4.46. The summed E-state index contributed by atoms with van der Waals surface area (Å²) >= 11 is 0. The van der Waals surface area contributed by atoms with Gasteiger partial charge in [-0.1, -0.05) is 13.0 Å². The Balaban J connectivity index is 2.22. The summed E-state index contributed by atoms with van der Waals surface area (Å²) in [6.45, 7) is 4.64. The third kappa shape index (κ3) is 3.33. The maximum atomic E-state index is 11.1. The lowest BCUT2D eigenvalue weighted by Crippen LogP contribution is -2.33. The van der Waals surface area contributed by atoms with Crippen LogP contribution >= 0.6 is 0 Å². The fourth-order valence-corrected chi connectivity index (χ4v) is 2.69. The molecule has 108 valence electrons. The van der Waals surface area contributed by atoms with E-state index in [2.05, 4.69) is 11.8 Å². The molecule has 0 aromatic heterocycles. The van der Waals surface area contributed by atoms with E-state index in [9.17, 15) is 14.9 Å². The van der Waals surface area contributed by atoms with Gasteiger partial charge in [0.1, 0.15) is 0 Å². The second kappa shape index (κ2) is 6.00. The number of nitro benzene ring substituents is 1. The molecule has 1 aromatic carbocycles. The van der Waals surface area contributed by atoms with Gasteiger partial charge in [0, 0.05) is 30.3 Å². The van der Waals surface area contributed by atoms with E-state index in [1.165, 1.54) is 12.5 Å². The molecule has 20 heavy (non-hydrogen) atoms. The zero-order valence-electron chi connectivity index (χ0n) is 11.5. The van der Waals surface area contributed by atoms with Crippen LogP contribution in [0.5, 0.6) is 0 Å². The molecule has 0 saturated carbocycles. The predicted molar refractivity (Wildman–Crippen MR) is 75.3 cm³/mol. The Morgan fingerprint density at radius 3 is 2.90 bits per heavy atom. The number of primary amides is 1. The summed E-state index contributed by atoms with van der Waals surface area (Å²) in [5, 5.41) is 11.1. The molecule has 1 atom stereocenters. The van der Waals surface area contributed by atoms with Gasteiger partial charge in [-0.3, -0.25) is 19.8 Å². The second-order valence-corrected chi connectivity index (χ2v) is 5.45. The maximum absolute atomic E-state index is 11.1. The molecule has 0 aliphatic carbocycles. The zero-order valence-corrected chi connectivity index (χ0v) is 11.5. The molecule has 1 heterocycles. The van der Waals surface area contributed by atoms with Crippen LogP contribution in [0.1, 0.15) is 35.7 Å². The normalized spacial score (nSPS) is 19.8. The standard InChI is InChI=1S/C14H19N3O3/c1-10-3-2-6-16(8-10)9-12-5-4-11(14(15)18)7-13(12)17(19)20/h4-5,7,10H,2-3,6,8-9H2,1H3,(H2,15,18)/t10-/m1/s1. The van der Waals surface area contributed by atoms with E-state index in [1.54, 1.807) is 12.1 Å². The molecule has 0 radical (unpaired) electrons. The molecule has 1 aliphatic heterocycles. The number of likely N-dealkylation sites (tertiary alicyclic amines) is 1. The Hall–Kier alpha value is -1.95. The molecule has 1 amide bonds. The summed E-state index contributed by atoms with van der Waals surface area (Å²) in [7, 11) is 0. The molecular formula is C14H19N3O3. The summed E-state index contributed by atoms with van der Waals surface area (Å²) in [5.74, 6) is -0.0288. The van der Waals surface area contributed by atoms with E-state index < -0.39 is 10.8 Å². The van der Waals surface area contributed by atoms with Crippen LogP contribution in [0.3, 0.4) is 0 Å². The summed E-state index contributed by atoms with van der Waals surface area (Å²) < 4.78 is 0. The number of benzene rings is 1. The fraction of sp³-hybridized carbons (Fsp3) is 0.500. The highest BCUT2D eigenvalue weighted by Crippen LogP contribution is 2.24. The largest absolute Gasteiger partial charge is 0.366 e. The Bertz CT molecular complexity index is 530. The highest BCUT2D eigenvalue weighted by molar-refractivity contribution is 5.93. The number of hydrogen-bond donors (Lipinski definition) is 1. The van der Waals surface area contributed by atoms with Crippen molar-refractivity contribution >= 4 is 11.6 Å². The van der Waals surface area contributed by atoms with Crippen molar-refractivity contribution in [3.8, 4) is 0 Å². The van der Waals surface area contributed by atoms with E-state index in [0.29, 0.717) is 18.0 Å². The van der Waals surface area contributed by atoms with Gasteiger partial charge in [0.25, 0.3) is 5.69 Å². The van der Waals surface area contributed by atoms with Crippen LogP contribution < -0.4 is 5.73 Å². The van der Waals surface area contributed by atoms with Crippen molar-refractivity contribution in [3.63, 3.8) is 0 Å². The van der Waals surface area contributed by atoms with Gasteiger partial charge >= 0.3 is 0 Å². The Kier molecular flexibility index (Phi) is 4.34. The monoisotopic (exact) mass is 277 g/mol. The minimum Gasteiger partial charge on any atom is -0.366 e. The van der Waals surface area contributed by atoms with E-state index >= 15 is 0 Å². The van der Waals surface area contributed by atoms with Crippen LogP contribution in [0.15, 0.2) is 18.2 Å². The first kappa shape index (κ1) is 14.5. The van der Waals surface area contributed by atoms with Crippen LogP contribution in [-0.2, 0) is 6.54 Å². The van der Waals surface area contributed by atoms with Gasteiger partial charge in [0.15, 0.2) is 0 Å². The van der Waals surface area contributed by atoms with E-state index in [0.717, 1.165) is 19.5 Å². The highest BCUT2D eigenvalue weighted by Gasteiger charge is 2.21. The minimum absolute atomic E-state index is 0.0282. The van der Waals surface area contributed by atoms with Crippen molar-refractivity contribution in [3.05, 3.63) is 39.4 Å². The second-order valence-electron chi connectivity index (χ2n) is 5.45. The fourth-order valence-electron chi connectivity index (χ4n) is 2.69. The summed E-state index contributed by atoms with van der Waals surface area (Å²) in [4.78, 5) is 24.0. The first-order valence-electron chi connectivity index (χ1n) is 6.77. The van der Waals surface area contributed by atoms with Crippen molar-refractivity contribution in [1.29, 1.82) is 0 Å². The number of carbonyl (C=O) groups excluding carboxylic acids is 1. The smallest absolute Gasteiger partial charge is 0.274 e. The number of rotatable bonds is 4. The molecule has 2 N–H and O–H groups in total. The van der Waals surface area contributed by atoms with E-state index in [-0.39, 0.29) is 11.3 Å². The molecule has 0 bridgehead atoms. The first-order chi connectivity index (χ1) is 9.47. The Labute approximate surface area is 117 Å². The lowest BCUT2D eigenvalue weighted by atomic mass is 9.99. The van der Waals surface area contributed by atoms with Crippen LogP contribution in [-0.4, -0.2) is 28.8 Å². The molecule has 1 fully saturated rings. The number of nitrogens with two attached hydrogens (primary N) is 1. The number of hydrogen-bond acceptors (Lipinski definition) is 4. The van der Waals surface area contributed by atoms with Crippen molar-refractivity contribution in [2.24, 2.45) is 11.7 Å². The highest BCUT2D eigenvalue weighted by atomic mass is 16.6. The molecule has 6 nitrogen and oxygen atoms in total. The van der Waals surface area contributed by atoms with Gasteiger partial charge in [0.05, 0.1) is 4.92 Å². The van der Waals surface area contributed by atoms with Gasteiger partial charge < -0.3 is 5.73 Å². The number of nitrogens with zero attached hydrogens (tertiary/aromatic N) is 2. The van der Waals surface area contributed by atoms with E-state index in [4.69, 9.17) is 5.73 Å². The molecular weight excluding hydrogens is 258 g/mol. The molecule has 1 saturated heterocycles. The predicted octanol–water partition coefficient (Wildman–Crippen LogP) is 1.93. The van der Waals surface area contributed by atoms with Crippen LogP contribution in [0, 0.1) is 16.0 Å². The maximum Gasteiger partial charge on any atom is 0.274 e. The molecule has 1 aliphatic rings. The van der Waals surface area contributed by atoms with Crippen molar-refractivity contribution in [2.45, 2.75) is 26.3 Å². The van der Waals surface area contributed by atoms with Gasteiger partial charge in [-0.15, -0.1) is 0 Å². The van der Waals surface area contributed by atoms with Crippen molar-refractivity contribution in [2.75, 3.05) is 13.1 Å². The summed E-state index contributed by atoms with van der Waals surface area (Å²) in [6.07, 6.45) is 2.33. The van der Waals surface area contributed by atoms with Gasteiger partial charge in [-0.25, -0.2) is 0 Å². The zero-order chi connectivity index (χ0) is 14.7. The molecule has 0 spiro atoms. The topological polar surface area (TPSA) is 89.5 Å². The van der Waals surface area contributed by atoms with Crippen LogP contribution in [0.4, 0.5) is 5.69 Å². The quantitative estimate of drug-likeness (QED) is 0.672. The Morgan fingerprint density at radius 2 is 2.30 bits per heavy atom. The van der Waals surface area contributed by atoms with Crippen molar-refractivity contribution < 1.29 is 9.72 Å². The minimum atomic E-state index is -0.647. The Morgan fingerprint density at radius 1 is 1.55 bits per heavy atom. The lowest BCUT2D eigenvalue weighted by molar-refractivity contribution is -0.385. The third-order valence-corrected chi connectivity index (χ3v) is 3.70. The third-order valence-electron chi connectivity index (χ3n) is 3.70. The van der Waals surface area contributed by atoms with Gasteiger partial charge in [0.2, 0.25) is 5.91 Å². The molecule has 2 rings (SSSR count). The number of carbonyl (C=O) groups is 1. The SMILES string of the molecule is C[C@@H]1CCCN(Cc2ccc(C(N)=O)cc2[N+](=O)[O-])C1. The number of amides is 1. The molecule has 6 heteroatoms. The molecule has 0 unspecified atom stereocenters. The molecule has 1 aromatic rings. The lowest BCUT2D eigenvalue weighted by Gasteiger charge is -2.30. The van der Waals surface area contributed by atoms with Gasteiger partial charge in [-0.2, -0.15) is 0 Å². The number of nitro groups is 1. The average molecular weight is 277 g/mol. The number of piperidine rings is 1. The van der Waals surface area contributed by atoms with Crippen LogP contribution in [0.2, 0.25) is 0 Å².